The average molecular weight is 234 g/mol. The summed E-state index contributed by atoms with van der Waals surface area (Å²) in [7, 11) is -3.47. The topological polar surface area (TPSA) is 60.4 Å². The fraction of sp³-hybridized carbons (Fsp3) is 0.900. The highest BCUT2D eigenvalue weighted by Gasteiger charge is 2.41. The Bertz CT molecular complexity index is 356. The molecule has 0 aliphatic heterocycles. The van der Waals surface area contributed by atoms with Gasteiger partial charge in [-0.05, 0) is 18.8 Å². The first-order valence-corrected chi connectivity index (χ1v) is 6.83. The molecule has 88 valence electrons. The molecule has 0 saturated heterocycles. The van der Waals surface area contributed by atoms with Gasteiger partial charge in [0.15, 0.2) is 0 Å². The number of ketones is 1. The first kappa shape index (κ1) is 12.6. The van der Waals surface area contributed by atoms with E-state index in [2.05, 4.69) is 0 Å². The molecule has 0 bridgehead atoms. The number of hydrogen-bond acceptors (Lipinski definition) is 4. The molecular weight excluding hydrogens is 216 g/mol. The van der Waals surface area contributed by atoms with E-state index in [9.17, 15) is 13.2 Å². The van der Waals surface area contributed by atoms with Gasteiger partial charge in [-0.15, -0.1) is 0 Å². The summed E-state index contributed by atoms with van der Waals surface area (Å²) in [6.45, 7) is 5.67. The lowest BCUT2D eigenvalue weighted by Gasteiger charge is -2.19. The number of hydrogen-bond donors (Lipinski definition) is 0. The van der Waals surface area contributed by atoms with Crippen LogP contribution in [0.15, 0.2) is 0 Å². The molecule has 0 N–H and O–H groups in total. The Morgan fingerprint density at radius 3 is 2.33 bits per heavy atom. The highest BCUT2D eigenvalue weighted by atomic mass is 32.2. The minimum Gasteiger partial charge on any atom is -0.299 e. The van der Waals surface area contributed by atoms with Gasteiger partial charge in [0.1, 0.15) is 5.78 Å². The molecule has 1 aliphatic rings. The molecule has 5 heteroatoms. The van der Waals surface area contributed by atoms with Crippen molar-refractivity contribution in [2.24, 2.45) is 11.3 Å². The van der Waals surface area contributed by atoms with Gasteiger partial charge < -0.3 is 0 Å². The summed E-state index contributed by atoms with van der Waals surface area (Å²) in [6.07, 6.45) is 1.67. The third kappa shape index (κ3) is 3.57. The predicted molar refractivity (Wildman–Crippen MR) is 56.9 cm³/mol. The van der Waals surface area contributed by atoms with E-state index in [-0.39, 0.29) is 17.1 Å². The third-order valence-electron chi connectivity index (χ3n) is 2.73. The quantitative estimate of drug-likeness (QED) is 0.692. The summed E-state index contributed by atoms with van der Waals surface area (Å²) in [5, 5.41) is 0. The van der Waals surface area contributed by atoms with Crippen molar-refractivity contribution in [2.45, 2.75) is 39.7 Å². The maximum Gasteiger partial charge on any atom is 0.264 e. The van der Waals surface area contributed by atoms with Crippen molar-refractivity contribution in [3.05, 3.63) is 0 Å². The zero-order valence-corrected chi connectivity index (χ0v) is 10.4. The molecule has 4 nitrogen and oxygen atoms in total. The van der Waals surface area contributed by atoms with Crippen molar-refractivity contribution in [3.63, 3.8) is 0 Å². The molecule has 0 heterocycles. The van der Waals surface area contributed by atoms with Crippen LogP contribution in [-0.2, 0) is 19.1 Å². The summed E-state index contributed by atoms with van der Waals surface area (Å²) in [5.74, 6) is -0.175. The van der Waals surface area contributed by atoms with Crippen LogP contribution < -0.4 is 0 Å². The Morgan fingerprint density at radius 2 is 2.00 bits per heavy atom. The van der Waals surface area contributed by atoms with Crippen LogP contribution in [0, 0.1) is 11.3 Å². The molecule has 0 aromatic heterocycles. The third-order valence-corrected chi connectivity index (χ3v) is 3.39. The molecule has 0 aromatic carbocycles. The average Bonchev–Trinajstić information content (AvgIpc) is 2.20. The maximum atomic E-state index is 11.6. The lowest BCUT2D eigenvalue weighted by molar-refractivity contribution is -0.122. The van der Waals surface area contributed by atoms with E-state index in [0.29, 0.717) is 12.8 Å². The molecule has 2 atom stereocenters. The van der Waals surface area contributed by atoms with Crippen molar-refractivity contribution in [2.75, 3.05) is 6.26 Å². The van der Waals surface area contributed by atoms with Crippen LogP contribution in [-0.4, -0.2) is 26.6 Å². The zero-order valence-electron chi connectivity index (χ0n) is 9.61. The Labute approximate surface area is 91.1 Å². The van der Waals surface area contributed by atoms with Crippen LogP contribution in [0.4, 0.5) is 0 Å². The maximum absolute atomic E-state index is 11.6. The standard InChI is InChI=1S/C10H18O4S/c1-7(14-15(4,12)13)8-5-10(2,3)6-9(8)11/h7-8H,5-6H2,1-4H3. The molecular formula is C10H18O4S. The van der Waals surface area contributed by atoms with Crippen molar-refractivity contribution in [3.8, 4) is 0 Å². The molecule has 1 rings (SSSR count). The highest BCUT2D eigenvalue weighted by molar-refractivity contribution is 7.86. The van der Waals surface area contributed by atoms with Gasteiger partial charge in [-0.2, -0.15) is 8.42 Å². The molecule has 0 amide bonds. The van der Waals surface area contributed by atoms with Crippen LogP contribution in [0.1, 0.15) is 33.6 Å². The number of carbonyl (C=O) groups is 1. The smallest absolute Gasteiger partial charge is 0.264 e. The van der Waals surface area contributed by atoms with E-state index in [1.807, 2.05) is 13.8 Å². The zero-order chi connectivity index (χ0) is 11.9. The van der Waals surface area contributed by atoms with Gasteiger partial charge in [-0.1, -0.05) is 13.8 Å². The van der Waals surface area contributed by atoms with Crippen LogP contribution in [0.5, 0.6) is 0 Å². The number of Topliss-reactive ketones (excluding diaryl/α,β-unsaturated/α-hetero) is 1. The van der Waals surface area contributed by atoms with E-state index in [0.717, 1.165) is 6.26 Å². The second kappa shape index (κ2) is 3.87. The normalized spacial score (nSPS) is 28.0. The lowest BCUT2D eigenvalue weighted by Crippen LogP contribution is -2.26. The number of carbonyl (C=O) groups excluding carboxylic acids is 1. The first-order valence-electron chi connectivity index (χ1n) is 5.02. The van der Waals surface area contributed by atoms with Crippen molar-refractivity contribution < 1.29 is 17.4 Å². The van der Waals surface area contributed by atoms with Gasteiger partial charge in [0.2, 0.25) is 0 Å². The van der Waals surface area contributed by atoms with Crippen LogP contribution in [0.2, 0.25) is 0 Å². The first-order chi connectivity index (χ1) is 6.61. The van der Waals surface area contributed by atoms with Gasteiger partial charge in [0.25, 0.3) is 10.1 Å². The summed E-state index contributed by atoms with van der Waals surface area (Å²) in [4.78, 5) is 11.6. The molecule has 15 heavy (non-hydrogen) atoms. The minimum atomic E-state index is -3.47. The second-order valence-electron chi connectivity index (χ2n) is 5.12. The van der Waals surface area contributed by atoms with Gasteiger partial charge in [-0.3, -0.25) is 8.98 Å². The Hall–Kier alpha value is -0.420. The van der Waals surface area contributed by atoms with Crippen LogP contribution in [0.25, 0.3) is 0 Å². The van der Waals surface area contributed by atoms with Crippen molar-refractivity contribution >= 4 is 15.9 Å². The Kier molecular flexibility index (Phi) is 3.26. The SMILES string of the molecule is CC(OS(C)(=O)=O)C1CC(C)(C)CC1=O. The molecule has 0 spiro atoms. The van der Waals surface area contributed by atoms with E-state index in [4.69, 9.17) is 4.18 Å². The molecule has 2 unspecified atom stereocenters. The summed E-state index contributed by atoms with van der Waals surface area (Å²) >= 11 is 0. The highest BCUT2D eigenvalue weighted by Crippen LogP contribution is 2.40. The fourth-order valence-corrected chi connectivity index (χ4v) is 2.84. The van der Waals surface area contributed by atoms with E-state index < -0.39 is 16.2 Å². The largest absolute Gasteiger partial charge is 0.299 e. The summed E-state index contributed by atoms with van der Waals surface area (Å²) < 4.78 is 26.7. The van der Waals surface area contributed by atoms with E-state index in [1.54, 1.807) is 6.92 Å². The fourth-order valence-electron chi connectivity index (χ4n) is 2.15. The monoisotopic (exact) mass is 234 g/mol. The molecule has 1 aliphatic carbocycles. The summed E-state index contributed by atoms with van der Waals surface area (Å²) in [6, 6.07) is 0. The molecule has 0 aromatic rings. The Balaban J connectivity index is 2.70. The molecule has 0 radical (unpaired) electrons. The van der Waals surface area contributed by atoms with E-state index >= 15 is 0 Å². The Morgan fingerprint density at radius 1 is 1.47 bits per heavy atom. The predicted octanol–water partition coefficient (Wildman–Crippen LogP) is 1.36. The van der Waals surface area contributed by atoms with Crippen LogP contribution in [0.3, 0.4) is 0 Å². The van der Waals surface area contributed by atoms with Gasteiger partial charge in [0.05, 0.1) is 12.4 Å². The van der Waals surface area contributed by atoms with Crippen molar-refractivity contribution in [1.82, 2.24) is 0 Å². The lowest BCUT2D eigenvalue weighted by atomic mass is 9.89. The minimum absolute atomic E-state index is 0.0309. The number of rotatable bonds is 3. The van der Waals surface area contributed by atoms with Crippen molar-refractivity contribution in [1.29, 1.82) is 0 Å². The second-order valence-corrected chi connectivity index (χ2v) is 6.72. The van der Waals surface area contributed by atoms with Crippen LogP contribution >= 0.6 is 0 Å². The molecule has 1 saturated carbocycles. The van der Waals surface area contributed by atoms with Gasteiger partial charge in [0, 0.05) is 12.3 Å². The van der Waals surface area contributed by atoms with Gasteiger partial charge in [-0.25, -0.2) is 0 Å². The summed E-state index contributed by atoms with van der Waals surface area (Å²) in [5.41, 5.74) is -0.0309. The van der Waals surface area contributed by atoms with E-state index in [1.165, 1.54) is 0 Å². The molecule has 1 fully saturated rings. The van der Waals surface area contributed by atoms with Gasteiger partial charge >= 0.3 is 0 Å².